The van der Waals surface area contributed by atoms with Crippen molar-refractivity contribution in [2.45, 2.75) is 20.8 Å². The Balaban J connectivity index is 3.26. The maximum atomic E-state index is 11.7. The maximum Gasteiger partial charge on any atom is 0.340 e. The molecule has 0 amide bonds. The molecule has 18 heavy (non-hydrogen) atoms. The molecule has 0 unspecified atom stereocenters. The second-order valence-electron chi connectivity index (χ2n) is 3.67. The van der Waals surface area contributed by atoms with E-state index in [1.165, 1.54) is 6.08 Å². The predicted octanol–water partition coefficient (Wildman–Crippen LogP) is 2.24. The van der Waals surface area contributed by atoms with Crippen LogP contribution in [0.25, 0.3) is 6.08 Å². The van der Waals surface area contributed by atoms with Gasteiger partial charge in [0.25, 0.3) is 0 Å². The molecule has 1 aromatic rings. The molecule has 0 saturated heterocycles. The van der Waals surface area contributed by atoms with Gasteiger partial charge in [-0.25, -0.2) is 4.79 Å². The summed E-state index contributed by atoms with van der Waals surface area (Å²) in [6.45, 7) is 5.53. The summed E-state index contributed by atoms with van der Waals surface area (Å²) in [4.78, 5) is 14.7. The third-order valence-corrected chi connectivity index (χ3v) is 2.49. The first-order valence-corrected chi connectivity index (χ1v) is 5.43. The van der Waals surface area contributed by atoms with Crippen LogP contribution < -0.4 is 0 Å². The van der Waals surface area contributed by atoms with Crippen molar-refractivity contribution in [3.8, 4) is 12.1 Å². The van der Waals surface area contributed by atoms with Crippen molar-refractivity contribution in [2.24, 2.45) is 0 Å². The maximum absolute atomic E-state index is 11.7. The van der Waals surface area contributed by atoms with Gasteiger partial charge in [0.15, 0.2) is 0 Å². The van der Waals surface area contributed by atoms with Crippen LogP contribution in [0, 0.1) is 36.5 Å². The molecule has 1 rings (SSSR count). The lowest BCUT2D eigenvalue weighted by Crippen LogP contribution is -2.06. The van der Waals surface area contributed by atoms with E-state index < -0.39 is 5.97 Å². The number of H-pyrrole nitrogens is 1. The van der Waals surface area contributed by atoms with Gasteiger partial charge in [0.05, 0.1) is 12.2 Å². The molecule has 0 bridgehead atoms. The minimum absolute atomic E-state index is 0.0187. The summed E-state index contributed by atoms with van der Waals surface area (Å²) in [5, 5.41) is 17.4. The molecule has 0 spiro atoms. The Morgan fingerprint density at radius 3 is 2.50 bits per heavy atom. The molecule has 0 saturated carbocycles. The number of ether oxygens (including phenoxy) is 1. The predicted molar refractivity (Wildman–Crippen MR) is 65.4 cm³/mol. The van der Waals surface area contributed by atoms with Gasteiger partial charge in [-0.3, -0.25) is 0 Å². The second-order valence-corrected chi connectivity index (χ2v) is 3.67. The summed E-state index contributed by atoms with van der Waals surface area (Å²) in [7, 11) is 0. The average molecular weight is 243 g/mol. The molecular weight excluding hydrogens is 230 g/mol. The van der Waals surface area contributed by atoms with E-state index in [0.717, 1.165) is 0 Å². The van der Waals surface area contributed by atoms with Gasteiger partial charge in [-0.05, 0) is 32.4 Å². The number of aryl methyl sites for hydroxylation is 1. The van der Waals surface area contributed by atoms with Crippen molar-refractivity contribution >= 4 is 12.0 Å². The molecule has 5 heteroatoms. The molecule has 92 valence electrons. The Hall–Kier alpha value is -2.53. The second kappa shape index (κ2) is 5.70. The average Bonchev–Trinajstić information content (AvgIpc) is 2.61. The Kier molecular flexibility index (Phi) is 4.28. The largest absolute Gasteiger partial charge is 0.462 e. The van der Waals surface area contributed by atoms with Gasteiger partial charge < -0.3 is 9.72 Å². The Labute approximate surface area is 105 Å². The number of carbonyl (C=O) groups is 1. The molecule has 0 atom stereocenters. The Bertz CT molecular complexity index is 567. The summed E-state index contributed by atoms with van der Waals surface area (Å²) in [6.07, 6.45) is 1.42. The number of allylic oxidation sites excluding steroid dienone is 1. The molecule has 1 aromatic heterocycles. The fourth-order valence-electron chi connectivity index (χ4n) is 1.66. The van der Waals surface area contributed by atoms with Crippen molar-refractivity contribution in [1.82, 2.24) is 4.98 Å². The molecule has 0 fully saturated rings. The normalized spacial score (nSPS) is 9.17. The minimum Gasteiger partial charge on any atom is -0.462 e. The van der Waals surface area contributed by atoms with Crippen molar-refractivity contribution in [2.75, 3.05) is 6.61 Å². The quantitative estimate of drug-likeness (QED) is 0.651. The zero-order valence-corrected chi connectivity index (χ0v) is 10.5. The van der Waals surface area contributed by atoms with E-state index in [9.17, 15) is 4.79 Å². The minimum atomic E-state index is -0.404. The molecule has 0 aliphatic carbocycles. The SMILES string of the molecule is CCOC(=O)c1c(C)[nH]c(C=C(C#N)C#N)c1C. The summed E-state index contributed by atoms with van der Waals surface area (Å²) in [6, 6.07) is 3.55. The first kappa shape index (κ1) is 13.5. The van der Waals surface area contributed by atoms with Crippen LogP contribution in [-0.4, -0.2) is 17.6 Å². The Morgan fingerprint density at radius 1 is 1.39 bits per heavy atom. The molecule has 0 aliphatic rings. The number of hydrogen-bond acceptors (Lipinski definition) is 4. The lowest BCUT2D eigenvalue weighted by atomic mass is 10.1. The highest BCUT2D eigenvalue weighted by Gasteiger charge is 2.18. The molecule has 1 N–H and O–H groups in total. The highest BCUT2D eigenvalue weighted by atomic mass is 16.5. The van der Waals surface area contributed by atoms with E-state index in [4.69, 9.17) is 15.3 Å². The van der Waals surface area contributed by atoms with Crippen LogP contribution in [0.15, 0.2) is 5.57 Å². The van der Waals surface area contributed by atoms with Crippen LogP contribution in [0.4, 0.5) is 0 Å². The van der Waals surface area contributed by atoms with Crippen LogP contribution in [0.2, 0.25) is 0 Å². The zero-order chi connectivity index (χ0) is 13.7. The van der Waals surface area contributed by atoms with Crippen molar-refractivity contribution < 1.29 is 9.53 Å². The molecule has 1 heterocycles. The van der Waals surface area contributed by atoms with Gasteiger partial charge in [-0.2, -0.15) is 10.5 Å². The first-order valence-electron chi connectivity index (χ1n) is 5.43. The van der Waals surface area contributed by atoms with Crippen LogP contribution in [0.3, 0.4) is 0 Å². The van der Waals surface area contributed by atoms with Crippen LogP contribution in [0.1, 0.15) is 34.2 Å². The fraction of sp³-hybridized carbons (Fsp3) is 0.308. The highest BCUT2D eigenvalue weighted by molar-refractivity contribution is 5.93. The first-order chi connectivity index (χ1) is 8.54. The van der Waals surface area contributed by atoms with Crippen LogP contribution >= 0.6 is 0 Å². The highest BCUT2D eigenvalue weighted by Crippen LogP contribution is 2.21. The third kappa shape index (κ3) is 2.58. The molecule has 5 nitrogen and oxygen atoms in total. The summed E-state index contributed by atoms with van der Waals surface area (Å²) >= 11 is 0. The lowest BCUT2D eigenvalue weighted by Gasteiger charge is -2.01. The van der Waals surface area contributed by atoms with E-state index >= 15 is 0 Å². The van der Waals surface area contributed by atoms with Crippen molar-refractivity contribution in [3.05, 3.63) is 28.1 Å². The van der Waals surface area contributed by atoms with Gasteiger partial charge in [0.1, 0.15) is 17.7 Å². The number of aromatic nitrogens is 1. The number of nitrogens with zero attached hydrogens (tertiary/aromatic N) is 2. The van der Waals surface area contributed by atoms with Crippen molar-refractivity contribution in [3.63, 3.8) is 0 Å². The van der Waals surface area contributed by atoms with Gasteiger partial charge in [0.2, 0.25) is 0 Å². The van der Waals surface area contributed by atoms with Crippen LogP contribution in [-0.2, 0) is 4.74 Å². The summed E-state index contributed by atoms with van der Waals surface area (Å²) < 4.78 is 4.95. The number of rotatable bonds is 3. The number of hydrogen-bond donors (Lipinski definition) is 1. The molecule has 0 radical (unpaired) electrons. The number of nitriles is 2. The lowest BCUT2D eigenvalue weighted by molar-refractivity contribution is 0.0525. The van der Waals surface area contributed by atoms with E-state index in [0.29, 0.717) is 29.1 Å². The summed E-state index contributed by atoms with van der Waals surface area (Å²) in [5.74, 6) is -0.404. The van der Waals surface area contributed by atoms with E-state index in [-0.39, 0.29) is 5.57 Å². The third-order valence-electron chi connectivity index (χ3n) is 2.49. The van der Waals surface area contributed by atoms with Gasteiger partial charge in [-0.1, -0.05) is 0 Å². The van der Waals surface area contributed by atoms with Gasteiger partial charge >= 0.3 is 5.97 Å². The topological polar surface area (TPSA) is 89.7 Å². The number of carbonyl (C=O) groups excluding carboxylic acids is 1. The molecule has 0 aliphatic heterocycles. The van der Waals surface area contributed by atoms with E-state index in [1.807, 2.05) is 0 Å². The van der Waals surface area contributed by atoms with Crippen molar-refractivity contribution in [1.29, 1.82) is 10.5 Å². The van der Waals surface area contributed by atoms with E-state index in [1.54, 1.807) is 32.9 Å². The Morgan fingerprint density at radius 2 is 2.00 bits per heavy atom. The fourth-order valence-corrected chi connectivity index (χ4v) is 1.66. The van der Waals surface area contributed by atoms with Gasteiger partial charge in [-0.15, -0.1) is 0 Å². The van der Waals surface area contributed by atoms with Crippen LogP contribution in [0.5, 0.6) is 0 Å². The monoisotopic (exact) mass is 243 g/mol. The number of aromatic amines is 1. The van der Waals surface area contributed by atoms with Gasteiger partial charge in [0, 0.05) is 11.4 Å². The summed E-state index contributed by atoms with van der Waals surface area (Å²) in [5.41, 5.74) is 2.35. The number of esters is 1. The molecule has 0 aromatic carbocycles. The zero-order valence-electron chi connectivity index (χ0n) is 10.5. The standard InChI is InChI=1S/C13H13N3O2/c1-4-18-13(17)12-8(2)11(16-9(12)3)5-10(6-14)7-15/h5,16H,4H2,1-3H3. The molecular formula is C13H13N3O2. The van der Waals surface area contributed by atoms with E-state index in [2.05, 4.69) is 4.98 Å². The smallest absolute Gasteiger partial charge is 0.340 e. The number of nitrogens with one attached hydrogen (secondary N) is 1.